The van der Waals surface area contributed by atoms with E-state index in [2.05, 4.69) is 0 Å². The van der Waals surface area contributed by atoms with E-state index in [1.54, 1.807) is 11.8 Å². The number of hydrogen-bond acceptors (Lipinski definition) is 4. The molecule has 0 aromatic carbocycles. The van der Waals surface area contributed by atoms with Crippen LogP contribution in [0.2, 0.25) is 0 Å². The van der Waals surface area contributed by atoms with Gasteiger partial charge in [-0.2, -0.15) is 0 Å². The predicted molar refractivity (Wildman–Crippen MR) is 72.8 cm³/mol. The van der Waals surface area contributed by atoms with Crippen LogP contribution in [0.3, 0.4) is 0 Å². The number of amides is 1. The summed E-state index contributed by atoms with van der Waals surface area (Å²) in [6.07, 6.45) is 1.10. The molecule has 2 unspecified atom stereocenters. The molecule has 1 N–H and O–H groups in total. The molecule has 4 atom stereocenters. The summed E-state index contributed by atoms with van der Waals surface area (Å²) >= 11 is 0. The molecule has 2 rings (SSSR count). The van der Waals surface area contributed by atoms with Crippen molar-refractivity contribution in [2.75, 3.05) is 18.1 Å². The molecule has 7 heteroatoms. The van der Waals surface area contributed by atoms with E-state index in [1.807, 2.05) is 6.92 Å². The minimum absolute atomic E-state index is 0.0247. The first-order valence-electron chi connectivity index (χ1n) is 6.95. The molecule has 2 aliphatic rings. The van der Waals surface area contributed by atoms with Gasteiger partial charge in [0.25, 0.3) is 0 Å². The van der Waals surface area contributed by atoms with Gasteiger partial charge in [0.1, 0.15) is 0 Å². The minimum atomic E-state index is -3.07. The van der Waals surface area contributed by atoms with E-state index in [0.29, 0.717) is 12.8 Å². The molecule has 1 amide bonds. The fraction of sp³-hybridized carbons (Fsp3) is 0.846. The standard InChI is InChI=1S/C13H21NO5S/c1-8-5-10(11(6-8)13(16)17)12(15)14-3-4-20(18,19)7-9(14)2/h8-11H,3-7H2,1-2H3,(H,16,17)/t8?,9?,10-,11+/m0/s1. The molecule has 1 saturated carbocycles. The molecular weight excluding hydrogens is 282 g/mol. The maximum absolute atomic E-state index is 12.6. The summed E-state index contributed by atoms with van der Waals surface area (Å²) in [5.74, 6) is -2.10. The lowest BCUT2D eigenvalue weighted by molar-refractivity contribution is -0.149. The molecule has 0 aromatic rings. The molecule has 6 nitrogen and oxygen atoms in total. The van der Waals surface area contributed by atoms with Gasteiger partial charge in [0, 0.05) is 12.6 Å². The number of nitrogens with zero attached hydrogens (tertiary/aromatic N) is 1. The second kappa shape index (κ2) is 5.35. The number of carboxylic acids is 1. The quantitative estimate of drug-likeness (QED) is 0.796. The van der Waals surface area contributed by atoms with Crippen LogP contribution in [-0.2, 0) is 19.4 Å². The number of carbonyl (C=O) groups excluding carboxylic acids is 1. The van der Waals surface area contributed by atoms with Crippen molar-refractivity contribution in [3.05, 3.63) is 0 Å². The summed E-state index contributed by atoms with van der Waals surface area (Å²) in [4.78, 5) is 25.4. The number of rotatable bonds is 2. The Labute approximate surface area is 119 Å². The first-order chi connectivity index (χ1) is 9.21. The molecule has 1 aliphatic carbocycles. The van der Waals surface area contributed by atoms with E-state index in [9.17, 15) is 23.1 Å². The van der Waals surface area contributed by atoms with Gasteiger partial charge in [-0.1, -0.05) is 6.92 Å². The summed E-state index contributed by atoms with van der Waals surface area (Å²) in [5, 5.41) is 9.23. The van der Waals surface area contributed by atoms with Crippen molar-refractivity contribution in [3.8, 4) is 0 Å². The molecule has 0 spiro atoms. The van der Waals surface area contributed by atoms with Gasteiger partial charge in [-0.05, 0) is 25.7 Å². The van der Waals surface area contributed by atoms with Gasteiger partial charge in [0.15, 0.2) is 9.84 Å². The summed E-state index contributed by atoms with van der Waals surface area (Å²) in [6.45, 7) is 3.84. The van der Waals surface area contributed by atoms with Crippen LogP contribution in [0, 0.1) is 17.8 Å². The third-order valence-corrected chi connectivity index (χ3v) is 6.18. The number of sulfone groups is 1. The molecule has 114 valence electrons. The highest BCUT2D eigenvalue weighted by molar-refractivity contribution is 7.91. The van der Waals surface area contributed by atoms with Gasteiger partial charge < -0.3 is 10.0 Å². The number of aliphatic carboxylic acids is 1. The van der Waals surface area contributed by atoms with E-state index in [-0.39, 0.29) is 35.9 Å². The van der Waals surface area contributed by atoms with Gasteiger partial charge in [-0.3, -0.25) is 9.59 Å². The largest absolute Gasteiger partial charge is 0.481 e. The van der Waals surface area contributed by atoms with E-state index < -0.39 is 27.6 Å². The van der Waals surface area contributed by atoms with Crippen molar-refractivity contribution in [2.24, 2.45) is 17.8 Å². The van der Waals surface area contributed by atoms with Crippen LogP contribution in [0.5, 0.6) is 0 Å². The van der Waals surface area contributed by atoms with Gasteiger partial charge >= 0.3 is 5.97 Å². The fourth-order valence-corrected chi connectivity index (χ4v) is 4.93. The predicted octanol–water partition coefficient (Wildman–Crippen LogP) is 0.379. The molecule has 0 radical (unpaired) electrons. The first kappa shape index (κ1) is 15.3. The number of carboxylic acid groups (broad SMARTS) is 1. The smallest absolute Gasteiger partial charge is 0.307 e. The molecule has 1 saturated heterocycles. The van der Waals surface area contributed by atoms with Crippen LogP contribution in [-0.4, -0.2) is 54.4 Å². The first-order valence-corrected chi connectivity index (χ1v) is 8.77. The Hall–Kier alpha value is -1.11. The Bertz CT molecular complexity index is 515. The van der Waals surface area contributed by atoms with Gasteiger partial charge in [-0.25, -0.2) is 8.42 Å². The van der Waals surface area contributed by atoms with Gasteiger partial charge in [-0.15, -0.1) is 0 Å². The maximum atomic E-state index is 12.6. The Kier molecular flexibility index (Phi) is 4.09. The average Bonchev–Trinajstić information content (AvgIpc) is 2.69. The highest BCUT2D eigenvalue weighted by Crippen LogP contribution is 2.38. The van der Waals surface area contributed by atoms with E-state index in [4.69, 9.17) is 0 Å². The van der Waals surface area contributed by atoms with Crippen molar-refractivity contribution < 1.29 is 23.1 Å². The average molecular weight is 303 g/mol. The summed E-state index contributed by atoms with van der Waals surface area (Å²) in [7, 11) is -3.07. The van der Waals surface area contributed by atoms with Crippen molar-refractivity contribution in [3.63, 3.8) is 0 Å². The molecular formula is C13H21NO5S. The monoisotopic (exact) mass is 303 g/mol. The molecule has 0 bridgehead atoms. The lowest BCUT2D eigenvalue weighted by Crippen LogP contribution is -2.52. The minimum Gasteiger partial charge on any atom is -0.481 e. The van der Waals surface area contributed by atoms with Crippen LogP contribution in [0.1, 0.15) is 26.7 Å². The number of hydrogen-bond donors (Lipinski definition) is 1. The maximum Gasteiger partial charge on any atom is 0.307 e. The van der Waals surface area contributed by atoms with E-state index in [0.717, 1.165) is 0 Å². The van der Waals surface area contributed by atoms with Crippen LogP contribution in [0.4, 0.5) is 0 Å². The van der Waals surface area contributed by atoms with E-state index >= 15 is 0 Å². The zero-order chi connectivity index (χ0) is 15.1. The molecule has 1 heterocycles. The topological polar surface area (TPSA) is 91.8 Å². The third kappa shape index (κ3) is 2.97. The Morgan fingerprint density at radius 1 is 1.15 bits per heavy atom. The zero-order valence-electron chi connectivity index (χ0n) is 11.8. The van der Waals surface area contributed by atoms with Gasteiger partial charge in [0.05, 0.1) is 23.3 Å². The third-order valence-electron chi connectivity index (χ3n) is 4.39. The molecule has 0 aromatic heterocycles. The van der Waals surface area contributed by atoms with Crippen molar-refractivity contribution in [2.45, 2.75) is 32.7 Å². The van der Waals surface area contributed by atoms with Crippen LogP contribution in [0.15, 0.2) is 0 Å². The Balaban J connectivity index is 2.13. The van der Waals surface area contributed by atoms with Crippen LogP contribution in [0.25, 0.3) is 0 Å². The fourth-order valence-electron chi connectivity index (χ4n) is 3.38. The van der Waals surface area contributed by atoms with Crippen LogP contribution < -0.4 is 0 Å². The lowest BCUT2D eigenvalue weighted by atomic mass is 9.94. The number of carbonyl (C=O) groups is 2. The Morgan fingerprint density at radius 2 is 1.75 bits per heavy atom. The second-order valence-electron chi connectivity index (χ2n) is 6.12. The van der Waals surface area contributed by atoms with Gasteiger partial charge in [0.2, 0.25) is 5.91 Å². The van der Waals surface area contributed by atoms with E-state index in [1.165, 1.54) is 0 Å². The summed E-state index contributed by atoms with van der Waals surface area (Å²) in [5.41, 5.74) is 0. The highest BCUT2D eigenvalue weighted by atomic mass is 32.2. The summed E-state index contributed by atoms with van der Waals surface area (Å²) < 4.78 is 23.1. The van der Waals surface area contributed by atoms with Crippen molar-refractivity contribution in [1.29, 1.82) is 0 Å². The normalized spacial score (nSPS) is 36.8. The zero-order valence-corrected chi connectivity index (χ0v) is 12.6. The van der Waals surface area contributed by atoms with Crippen molar-refractivity contribution in [1.82, 2.24) is 4.90 Å². The SMILES string of the molecule is CC1C[C@H](C(=O)N2CCS(=O)(=O)CC2C)[C@H](C(=O)O)C1. The summed E-state index contributed by atoms with van der Waals surface area (Å²) in [6, 6.07) is -0.369. The molecule has 2 fully saturated rings. The Morgan fingerprint density at radius 3 is 2.30 bits per heavy atom. The molecule has 1 aliphatic heterocycles. The second-order valence-corrected chi connectivity index (χ2v) is 8.35. The molecule has 20 heavy (non-hydrogen) atoms. The van der Waals surface area contributed by atoms with Crippen LogP contribution >= 0.6 is 0 Å². The lowest BCUT2D eigenvalue weighted by Gasteiger charge is -2.35. The highest BCUT2D eigenvalue weighted by Gasteiger charge is 2.44. The van der Waals surface area contributed by atoms with Crippen molar-refractivity contribution >= 4 is 21.7 Å².